The fourth-order valence-corrected chi connectivity index (χ4v) is 3.24. The average molecular weight is 358 g/mol. The standard InChI is InChI=1S/C20H30N4O2/c1-20(2,3)26-19(25)24-8-6-15(7-9-24)23-12-14-10-18(22)16(11-17(14)21)13-4-5-13/h10-13,15H,4-9,21-22H2,1-3H3. The highest BCUT2D eigenvalue weighted by atomic mass is 16.6. The zero-order valence-electron chi connectivity index (χ0n) is 16.0. The van der Waals surface area contributed by atoms with E-state index < -0.39 is 5.60 Å². The number of likely N-dealkylation sites (tertiary alicyclic amines) is 1. The minimum Gasteiger partial charge on any atom is -0.444 e. The molecule has 6 nitrogen and oxygen atoms in total. The van der Waals surface area contributed by atoms with Gasteiger partial charge in [0.1, 0.15) is 5.60 Å². The maximum Gasteiger partial charge on any atom is 0.410 e. The summed E-state index contributed by atoms with van der Waals surface area (Å²) >= 11 is 0. The van der Waals surface area contributed by atoms with Crippen molar-refractivity contribution in [2.24, 2.45) is 4.99 Å². The first-order chi connectivity index (χ1) is 12.2. The Hall–Kier alpha value is -2.24. The maximum absolute atomic E-state index is 12.1. The van der Waals surface area contributed by atoms with E-state index in [1.165, 1.54) is 18.4 Å². The van der Waals surface area contributed by atoms with Gasteiger partial charge in [-0.2, -0.15) is 0 Å². The second-order valence-corrected chi connectivity index (χ2v) is 8.36. The number of nitrogen functional groups attached to an aromatic ring is 2. The molecule has 1 aliphatic heterocycles. The summed E-state index contributed by atoms with van der Waals surface area (Å²) in [5.74, 6) is 0.584. The molecule has 6 heteroatoms. The third-order valence-corrected chi connectivity index (χ3v) is 4.85. The van der Waals surface area contributed by atoms with Crippen LogP contribution >= 0.6 is 0 Å². The number of carbonyl (C=O) groups excluding carboxylic acids is 1. The van der Waals surface area contributed by atoms with Crippen LogP contribution in [-0.4, -0.2) is 41.9 Å². The Morgan fingerprint density at radius 1 is 1.15 bits per heavy atom. The molecule has 0 radical (unpaired) electrons. The number of hydrogen-bond donors (Lipinski definition) is 2. The predicted octanol–water partition coefficient (Wildman–Crippen LogP) is 3.55. The molecular weight excluding hydrogens is 328 g/mol. The van der Waals surface area contributed by atoms with Gasteiger partial charge in [-0.05, 0) is 70.1 Å². The van der Waals surface area contributed by atoms with E-state index in [1.807, 2.05) is 39.1 Å². The third kappa shape index (κ3) is 4.68. The average Bonchev–Trinajstić information content (AvgIpc) is 3.39. The number of ether oxygens (including phenoxy) is 1. The monoisotopic (exact) mass is 358 g/mol. The van der Waals surface area contributed by atoms with Gasteiger partial charge >= 0.3 is 6.09 Å². The van der Waals surface area contributed by atoms with Crippen LogP contribution < -0.4 is 11.5 Å². The lowest BCUT2D eigenvalue weighted by molar-refractivity contribution is 0.0207. The van der Waals surface area contributed by atoms with Gasteiger partial charge in [0.2, 0.25) is 0 Å². The second kappa shape index (κ2) is 7.17. The number of aliphatic imine (C=N–C) groups is 1. The van der Waals surface area contributed by atoms with E-state index in [0.29, 0.717) is 19.0 Å². The molecular formula is C20H30N4O2. The predicted molar refractivity (Wildman–Crippen MR) is 106 cm³/mol. The summed E-state index contributed by atoms with van der Waals surface area (Å²) in [5.41, 5.74) is 15.5. The highest BCUT2D eigenvalue weighted by Crippen LogP contribution is 2.43. The summed E-state index contributed by atoms with van der Waals surface area (Å²) < 4.78 is 5.42. The Bertz CT molecular complexity index is 696. The number of amides is 1. The quantitative estimate of drug-likeness (QED) is 0.638. The van der Waals surface area contributed by atoms with Crippen LogP contribution in [0.25, 0.3) is 0 Å². The fourth-order valence-electron chi connectivity index (χ4n) is 3.24. The van der Waals surface area contributed by atoms with E-state index >= 15 is 0 Å². The molecule has 1 aromatic rings. The zero-order valence-corrected chi connectivity index (χ0v) is 16.0. The maximum atomic E-state index is 12.1. The second-order valence-electron chi connectivity index (χ2n) is 8.36. The number of carbonyl (C=O) groups is 1. The highest BCUT2D eigenvalue weighted by molar-refractivity contribution is 5.89. The molecule has 4 N–H and O–H groups in total. The number of anilines is 2. The van der Waals surface area contributed by atoms with Crippen LogP contribution in [0.2, 0.25) is 0 Å². The Labute approximate surface area is 155 Å². The molecule has 0 spiro atoms. The van der Waals surface area contributed by atoms with Gasteiger partial charge in [0.05, 0.1) is 6.04 Å². The molecule has 1 heterocycles. The normalized spacial score (nSPS) is 19.1. The molecule has 0 atom stereocenters. The minimum atomic E-state index is -0.462. The Balaban J connectivity index is 1.56. The highest BCUT2D eigenvalue weighted by Gasteiger charge is 2.27. The number of nitrogens with two attached hydrogens (primary N) is 2. The van der Waals surface area contributed by atoms with Crippen LogP contribution in [0, 0.1) is 0 Å². The summed E-state index contributed by atoms with van der Waals surface area (Å²) in [6, 6.07) is 4.12. The summed E-state index contributed by atoms with van der Waals surface area (Å²) in [7, 11) is 0. The molecule has 142 valence electrons. The largest absolute Gasteiger partial charge is 0.444 e. The third-order valence-electron chi connectivity index (χ3n) is 4.85. The Kier molecular flexibility index (Phi) is 5.12. The molecule has 26 heavy (non-hydrogen) atoms. The van der Waals surface area contributed by atoms with Crippen molar-refractivity contribution in [2.75, 3.05) is 24.6 Å². The van der Waals surface area contributed by atoms with Gasteiger partial charge in [0, 0.05) is 36.2 Å². The summed E-state index contributed by atoms with van der Waals surface area (Å²) in [6.07, 6.45) is 5.64. The summed E-state index contributed by atoms with van der Waals surface area (Å²) in [6.45, 7) is 6.97. The first-order valence-corrected chi connectivity index (χ1v) is 9.43. The molecule has 1 aromatic carbocycles. The van der Waals surface area contributed by atoms with Crippen molar-refractivity contribution in [1.82, 2.24) is 4.90 Å². The van der Waals surface area contributed by atoms with Crippen molar-refractivity contribution in [1.29, 1.82) is 0 Å². The minimum absolute atomic E-state index is 0.192. The van der Waals surface area contributed by atoms with E-state index in [2.05, 4.69) is 4.99 Å². The van der Waals surface area contributed by atoms with Gasteiger partial charge in [-0.1, -0.05) is 0 Å². The zero-order chi connectivity index (χ0) is 18.9. The summed E-state index contributed by atoms with van der Waals surface area (Å²) in [5, 5.41) is 0. The topological polar surface area (TPSA) is 93.9 Å². The van der Waals surface area contributed by atoms with Gasteiger partial charge in [-0.3, -0.25) is 4.99 Å². The van der Waals surface area contributed by atoms with E-state index in [-0.39, 0.29) is 12.1 Å². The van der Waals surface area contributed by atoms with E-state index in [4.69, 9.17) is 16.2 Å². The lowest BCUT2D eigenvalue weighted by atomic mass is 10.0. The van der Waals surface area contributed by atoms with E-state index in [1.54, 1.807) is 4.90 Å². The molecule has 0 aromatic heterocycles. The molecule has 1 saturated carbocycles. The van der Waals surface area contributed by atoms with Crippen molar-refractivity contribution >= 4 is 23.7 Å². The Morgan fingerprint density at radius 2 is 1.81 bits per heavy atom. The molecule has 1 saturated heterocycles. The van der Waals surface area contributed by atoms with Crippen molar-refractivity contribution in [2.45, 2.75) is 64.0 Å². The molecule has 0 bridgehead atoms. The van der Waals surface area contributed by atoms with Gasteiger partial charge in [0.15, 0.2) is 0 Å². The summed E-state index contributed by atoms with van der Waals surface area (Å²) in [4.78, 5) is 18.5. The van der Waals surface area contributed by atoms with Crippen molar-refractivity contribution in [3.05, 3.63) is 23.3 Å². The van der Waals surface area contributed by atoms with Crippen molar-refractivity contribution in [3.63, 3.8) is 0 Å². The number of benzene rings is 1. The first kappa shape index (κ1) is 18.5. The number of nitrogens with zero attached hydrogens (tertiary/aromatic N) is 2. The van der Waals surface area contributed by atoms with E-state index in [0.717, 1.165) is 29.8 Å². The van der Waals surface area contributed by atoms with Gasteiger partial charge in [-0.15, -0.1) is 0 Å². The van der Waals surface area contributed by atoms with Crippen molar-refractivity contribution < 1.29 is 9.53 Å². The molecule has 0 unspecified atom stereocenters. The molecule has 2 aliphatic rings. The molecule has 1 amide bonds. The lowest BCUT2D eigenvalue weighted by Crippen LogP contribution is -2.42. The molecule has 1 aliphatic carbocycles. The van der Waals surface area contributed by atoms with E-state index in [9.17, 15) is 4.79 Å². The lowest BCUT2D eigenvalue weighted by Gasteiger charge is -2.32. The number of rotatable bonds is 3. The van der Waals surface area contributed by atoms with Gasteiger partial charge in [-0.25, -0.2) is 4.79 Å². The molecule has 2 fully saturated rings. The smallest absolute Gasteiger partial charge is 0.410 e. The van der Waals surface area contributed by atoms with Crippen LogP contribution in [-0.2, 0) is 4.74 Å². The first-order valence-electron chi connectivity index (χ1n) is 9.43. The van der Waals surface area contributed by atoms with Crippen LogP contribution in [0.5, 0.6) is 0 Å². The molecule has 3 rings (SSSR count). The fraction of sp³-hybridized carbons (Fsp3) is 0.600. The van der Waals surface area contributed by atoms with Crippen LogP contribution in [0.4, 0.5) is 16.2 Å². The van der Waals surface area contributed by atoms with Gasteiger partial charge < -0.3 is 21.1 Å². The van der Waals surface area contributed by atoms with Crippen LogP contribution in [0.3, 0.4) is 0 Å². The Morgan fingerprint density at radius 3 is 2.38 bits per heavy atom. The van der Waals surface area contributed by atoms with Crippen molar-refractivity contribution in [3.8, 4) is 0 Å². The SMILES string of the molecule is CC(C)(C)OC(=O)N1CCC(N=Cc2cc(N)c(C3CC3)cc2N)CC1. The number of hydrogen-bond acceptors (Lipinski definition) is 5. The van der Waals surface area contributed by atoms with Crippen LogP contribution in [0.15, 0.2) is 17.1 Å². The van der Waals surface area contributed by atoms with Crippen LogP contribution in [0.1, 0.15) is 63.5 Å². The van der Waals surface area contributed by atoms with Gasteiger partial charge in [0.25, 0.3) is 0 Å². The number of piperidine rings is 1.